The van der Waals surface area contributed by atoms with Gasteiger partial charge in [0.05, 0.1) is 0 Å². The summed E-state index contributed by atoms with van der Waals surface area (Å²) in [6.07, 6.45) is 22.6. The van der Waals surface area contributed by atoms with Crippen LogP contribution in [-0.4, -0.2) is 17.6 Å². The number of hydrazine groups is 1. The Labute approximate surface area is 171 Å². The van der Waals surface area contributed by atoms with Crippen LogP contribution in [0.25, 0.3) is 0 Å². The number of rotatable bonds is 13. The lowest BCUT2D eigenvalue weighted by Gasteiger charge is -2.19. The number of ether oxygens (including phenoxy) is 1. The molecular formula is C23H40N2O3. The van der Waals surface area contributed by atoms with Crippen LogP contribution in [-0.2, 0) is 9.53 Å². The van der Waals surface area contributed by atoms with Gasteiger partial charge in [-0.25, -0.2) is 10.2 Å². The molecule has 0 rings (SSSR count). The number of carbonyl (C=O) groups excluding carboxylic acids is 2. The van der Waals surface area contributed by atoms with Gasteiger partial charge in [0.15, 0.2) is 0 Å². The van der Waals surface area contributed by atoms with Crippen molar-refractivity contribution in [2.45, 2.75) is 97.5 Å². The Morgan fingerprint density at radius 3 is 2.00 bits per heavy atom. The zero-order chi connectivity index (χ0) is 21.1. The number of amides is 2. The average molecular weight is 393 g/mol. The molecule has 2 amide bonds. The van der Waals surface area contributed by atoms with Crippen LogP contribution in [0.1, 0.15) is 91.9 Å². The van der Waals surface area contributed by atoms with E-state index in [1.54, 1.807) is 20.8 Å². The summed E-state index contributed by atoms with van der Waals surface area (Å²) < 4.78 is 5.04. The summed E-state index contributed by atoms with van der Waals surface area (Å²) in [5.41, 5.74) is 4.06. The molecule has 5 nitrogen and oxygen atoms in total. The maximum atomic E-state index is 11.6. The van der Waals surface area contributed by atoms with Crippen LogP contribution in [0.4, 0.5) is 4.79 Å². The number of carbonyl (C=O) groups is 2. The van der Waals surface area contributed by atoms with E-state index in [4.69, 9.17) is 4.74 Å². The molecule has 0 aliphatic carbocycles. The van der Waals surface area contributed by atoms with E-state index in [1.807, 2.05) is 0 Å². The SMILES string of the molecule is CC/C=C\C/C=C\C/C=C\CCCCCCCC(=O)NNC(=O)OC(C)(C)C. The smallest absolute Gasteiger partial charge is 0.426 e. The van der Waals surface area contributed by atoms with Gasteiger partial charge in [0.1, 0.15) is 5.60 Å². The first-order chi connectivity index (χ1) is 13.3. The number of nitrogens with one attached hydrogen (secondary N) is 2. The Kier molecular flexibility index (Phi) is 15.8. The number of hydrogen-bond acceptors (Lipinski definition) is 3. The summed E-state index contributed by atoms with van der Waals surface area (Å²) in [6, 6.07) is 0. The Balaban J connectivity index is 3.47. The molecule has 0 aromatic carbocycles. The highest BCUT2D eigenvalue weighted by Crippen LogP contribution is 2.08. The molecule has 28 heavy (non-hydrogen) atoms. The van der Waals surface area contributed by atoms with Gasteiger partial charge in [-0.1, -0.05) is 62.6 Å². The Morgan fingerprint density at radius 1 is 0.786 bits per heavy atom. The molecule has 0 spiro atoms. The van der Waals surface area contributed by atoms with Crippen molar-refractivity contribution in [3.63, 3.8) is 0 Å². The van der Waals surface area contributed by atoms with Gasteiger partial charge >= 0.3 is 6.09 Å². The van der Waals surface area contributed by atoms with E-state index in [-0.39, 0.29) is 5.91 Å². The summed E-state index contributed by atoms with van der Waals surface area (Å²) in [4.78, 5) is 23.1. The fourth-order valence-corrected chi connectivity index (χ4v) is 2.39. The third-order valence-electron chi connectivity index (χ3n) is 3.76. The maximum Gasteiger partial charge on any atom is 0.426 e. The van der Waals surface area contributed by atoms with Gasteiger partial charge in [0.25, 0.3) is 0 Å². The number of allylic oxidation sites excluding steroid dienone is 6. The third-order valence-corrected chi connectivity index (χ3v) is 3.76. The van der Waals surface area contributed by atoms with Gasteiger partial charge in [-0.05, 0) is 59.3 Å². The van der Waals surface area contributed by atoms with Crippen LogP contribution in [0.2, 0.25) is 0 Å². The lowest BCUT2D eigenvalue weighted by atomic mass is 10.1. The van der Waals surface area contributed by atoms with Crippen LogP contribution in [0.15, 0.2) is 36.5 Å². The van der Waals surface area contributed by atoms with Crippen molar-refractivity contribution in [1.29, 1.82) is 0 Å². The summed E-state index contributed by atoms with van der Waals surface area (Å²) in [5.74, 6) is -0.188. The van der Waals surface area contributed by atoms with Crippen LogP contribution in [0.3, 0.4) is 0 Å². The Morgan fingerprint density at radius 2 is 1.36 bits per heavy atom. The van der Waals surface area contributed by atoms with Crippen LogP contribution < -0.4 is 10.9 Å². The summed E-state index contributed by atoms with van der Waals surface area (Å²) >= 11 is 0. The lowest BCUT2D eigenvalue weighted by molar-refractivity contribution is -0.122. The predicted octanol–water partition coefficient (Wildman–Crippen LogP) is 6.13. The fourth-order valence-electron chi connectivity index (χ4n) is 2.39. The predicted molar refractivity (Wildman–Crippen MR) is 117 cm³/mol. The molecule has 0 bridgehead atoms. The van der Waals surface area contributed by atoms with E-state index in [2.05, 4.69) is 54.2 Å². The molecule has 160 valence electrons. The van der Waals surface area contributed by atoms with E-state index in [0.29, 0.717) is 6.42 Å². The first-order valence-corrected chi connectivity index (χ1v) is 10.6. The highest BCUT2D eigenvalue weighted by molar-refractivity contribution is 5.79. The van der Waals surface area contributed by atoms with Crippen molar-refractivity contribution in [3.05, 3.63) is 36.5 Å². The maximum absolute atomic E-state index is 11.6. The summed E-state index contributed by atoms with van der Waals surface area (Å²) in [5, 5.41) is 0. The van der Waals surface area contributed by atoms with Crippen molar-refractivity contribution in [2.24, 2.45) is 0 Å². The highest BCUT2D eigenvalue weighted by Gasteiger charge is 2.16. The molecule has 5 heteroatoms. The van der Waals surface area contributed by atoms with E-state index in [1.165, 1.54) is 12.8 Å². The van der Waals surface area contributed by atoms with Gasteiger partial charge in [-0.2, -0.15) is 0 Å². The van der Waals surface area contributed by atoms with Crippen molar-refractivity contribution in [1.82, 2.24) is 10.9 Å². The molecule has 0 saturated carbocycles. The quantitative estimate of drug-likeness (QED) is 0.225. The van der Waals surface area contributed by atoms with Gasteiger partial charge in [0.2, 0.25) is 5.91 Å². The van der Waals surface area contributed by atoms with Gasteiger partial charge < -0.3 is 4.74 Å². The number of hydrogen-bond donors (Lipinski definition) is 2. The molecule has 0 aromatic heterocycles. The van der Waals surface area contributed by atoms with Crippen molar-refractivity contribution in [2.75, 3.05) is 0 Å². The highest BCUT2D eigenvalue weighted by atomic mass is 16.6. The average Bonchev–Trinajstić information content (AvgIpc) is 2.62. The van der Waals surface area contributed by atoms with E-state index >= 15 is 0 Å². The second kappa shape index (κ2) is 17.1. The normalized spacial score (nSPS) is 12.1. The first-order valence-electron chi connectivity index (χ1n) is 10.6. The summed E-state index contributed by atoms with van der Waals surface area (Å²) in [7, 11) is 0. The van der Waals surface area contributed by atoms with Crippen molar-refractivity contribution in [3.8, 4) is 0 Å². The van der Waals surface area contributed by atoms with Crippen LogP contribution >= 0.6 is 0 Å². The monoisotopic (exact) mass is 392 g/mol. The molecule has 0 saturated heterocycles. The van der Waals surface area contributed by atoms with Gasteiger partial charge in [-0.3, -0.25) is 10.2 Å². The number of unbranched alkanes of at least 4 members (excludes halogenated alkanes) is 5. The van der Waals surface area contributed by atoms with Crippen molar-refractivity contribution < 1.29 is 14.3 Å². The topological polar surface area (TPSA) is 67.4 Å². The molecule has 0 aliphatic rings. The molecule has 0 unspecified atom stereocenters. The van der Waals surface area contributed by atoms with Crippen molar-refractivity contribution >= 4 is 12.0 Å². The Hall–Kier alpha value is -2.04. The Bertz CT molecular complexity index is 502. The first kappa shape index (κ1) is 26.0. The molecular weight excluding hydrogens is 352 g/mol. The second-order valence-corrected chi connectivity index (χ2v) is 7.78. The minimum atomic E-state index is -0.641. The molecule has 0 fully saturated rings. The van der Waals surface area contributed by atoms with Crippen LogP contribution in [0, 0.1) is 0 Å². The zero-order valence-electron chi connectivity index (χ0n) is 18.3. The van der Waals surface area contributed by atoms with Gasteiger partial charge in [-0.15, -0.1) is 0 Å². The molecule has 0 heterocycles. The van der Waals surface area contributed by atoms with E-state index in [0.717, 1.165) is 44.9 Å². The van der Waals surface area contributed by atoms with Crippen LogP contribution in [0.5, 0.6) is 0 Å². The van der Waals surface area contributed by atoms with Gasteiger partial charge in [0, 0.05) is 6.42 Å². The molecule has 0 aliphatic heterocycles. The molecule has 0 aromatic rings. The summed E-state index contributed by atoms with van der Waals surface area (Å²) in [6.45, 7) is 7.46. The molecule has 0 radical (unpaired) electrons. The fraction of sp³-hybridized carbons (Fsp3) is 0.652. The largest absolute Gasteiger partial charge is 0.443 e. The second-order valence-electron chi connectivity index (χ2n) is 7.78. The zero-order valence-corrected chi connectivity index (χ0v) is 18.3. The lowest BCUT2D eigenvalue weighted by Crippen LogP contribution is -2.44. The van der Waals surface area contributed by atoms with E-state index < -0.39 is 11.7 Å². The molecule has 0 atom stereocenters. The molecule has 2 N–H and O–H groups in total. The minimum Gasteiger partial charge on any atom is -0.443 e. The van der Waals surface area contributed by atoms with E-state index in [9.17, 15) is 9.59 Å². The standard InChI is InChI=1S/C23H40N2O3/c1-5-6-7-8-9-10-11-12-13-14-15-16-17-18-19-20-21(26)24-25-22(27)28-23(2,3)4/h6-7,9-10,12-13H,5,8,11,14-20H2,1-4H3,(H,24,26)(H,25,27)/b7-6-,10-9-,13-12-. The minimum absolute atomic E-state index is 0.188. The third kappa shape index (κ3) is 20.3.